The Morgan fingerprint density at radius 3 is 2.54 bits per heavy atom. The quantitative estimate of drug-likeness (QED) is 0.741. The average Bonchev–Trinajstić information content (AvgIpc) is 2.79. The molecule has 4 heteroatoms. The Morgan fingerprint density at radius 2 is 1.81 bits per heavy atom. The molecule has 0 fully saturated rings. The van der Waals surface area contributed by atoms with Gasteiger partial charge in [-0.05, 0) is 60.5 Å². The van der Waals surface area contributed by atoms with Crippen LogP contribution in [0, 0.1) is 0 Å². The highest BCUT2D eigenvalue weighted by molar-refractivity contribution is 5.95. The lowest BCUT2D eigenvalue weighted by molar-refractivity contribution is 0.187. The van der Waals surface area contributed by atoms with Gasteiger partial charge in [-0.25, -0.2) is 4.79 Å². The van der Waals surface area contributed by atoms with E-state index < -0.39 is 6.09 Å². The van der Waals surface area contributed by atoms with Crippen LogP contribution in [0.5, 0.6) is 0 Å². The highest BCUT2D eigenvalue weighted by atomic mass is 16.5. The highest BCUT2D eigenvalue weighted by Crippen LogP contribution is 2.35. The number of hydrogen-bond acceptors (Lipinski definition) is 3. The third-order valence-corrected chi connectivity index (χ3v) is 4.39. The van der Waals surface area contributed by atoms with Crippen LogP contribution in [-0.4, -0.2) is 38.7 Å². The zero-order valence-electron chi connectivity index (χ0n) is 15.5. The van der Waals surface area contributed by atoms with E-state index in [9.17, 15) is 4.79 Å². The van der Waals surface area contributed by atoms with E-state index in [2.05, 4.69) is 66.8 Å². The van der Waals surface area contributed by atoms with Crippen molar-refractivity contribution in [1.82, 2.24) is 4.90 Å². The lowest BCUT2D eigenvalue weighted by Gasteiger charge is -2.15. The van der Waals surface area contributed by atoms with Crippen LogP contribution in [-0.2, 0) is 4.74 Å². The smallest absolute Gasteiger partial charge is 0.411 e. The van der Waals surface area contributed by atoms with E-state index in [4.69, 9.17) is 4.74 Å². The van der Waals surface area contributed by atoms with Crippen LogP contribution in [0.2, 0.25) is 0 Å². The van der Waals surface area contributed by atoms with Crippen molar-refractivity contribution in [2.45, 2.75) is 6.42 Å². The number of carbonyl (C=O) groups is 1. The summed E-state index contributed by atoms with van der Waals surface area (Å²) in [4.78, 5) is 13.8. The van der Waals surface area contributed by atoms with Gasteiger partial charge in [0.1, 0.15) is 0 Å². The molecule has 3 rings (SSSR count). The first-order valence-corrected chi connectivity index (χ1v) is 8.70. The fourth-order valence-corrected chi connectivity index (χ4v) is 3.08. The zero-order valence-corrected chi connectivity index (χ0v) is 15.5. The molecule has 0 radical (unpaired) electrons. The van der Waals surface area contributed by atoms with Crippen molar-refractivity contribution in [3.63, 3.8) is 0 Å². The fraction of sp³-hybridized carbons (Fsp3) is 0.227. The number of rotatable bonds is 4. The maximum atomic E-state index is 11.6. The van der Waals surface area contributed by atoms with Gasteiger partial charge in [-0.2, -0.15) is 0 Å². The second-order valence-corrected chi connectivity index (χ2v) is 6.55. The molecular formula is C22H24N2O2. The van der Waals surface area contributed by atoms with Gasteiger partial charge in [0.15, 0.2) is 0 Å². The molecule has 0 bridgehead atoms. The Morgan fingerprint density at radius 1 is 1.08 bits per heavy atom. The van der Waals surface area contributed by atoms with Crippen molar-refractivity contribution in [1.29, 1.82) is 0 Å². The summed E-state index contributed by atoms with van der Waals surface area (Å²) in [6.45, 7) is 0.981. The molecule has 0 saturated heterocycles. The zero-order chi connectivity index (χ0) is 18.5. The highest BCUT2D eigenvalue weighted by Gasteiger charge is 2.16. The Kier molecular flexibility index (Phi) is 5.54. The van der Waals surface area contributed by atoms with Gasteiger partial charge < -0.3 is 9.64 Å². The van der Waals surface area contributed by atoms with Crippen LogP contribution in [0.15, 0.2) is 48.5 Å². The van der Waals surface area contributed by atoms with E-state index in [1.807, 2.05) is 18.2 Å². The number of nitrogens with zero attached hydrogens (tertiary/aromatic N) is 1. The molecular weight excluding hydrogens is 324 g/mol. The second-order valence-electron chi connectivity index (χ2n) is 6.55. The van der Waals surface area contributed by atoms with Crippen LogP contribution in [0.1, 0.15) is 28.7 Å². The van der Waals surface area contributed by atoms with E-state index in [-0.39, 0.29) is 0 Å². The summed E-state index contributed by atoms with van der Waals surface area (Å²) in [5.74, 6) is 0. The van der Waals surface area contributed by atoms with Crippen LogP contribution in [0.3, 0.4) is 0 Å². The molecule has 0 heterocycles. The molecule has 2 aromatic carbocycles. The molecule has 4 nitrogen and oxygen atoms in total. The molecule has 0 spiro atoms. The van der Waals surface area contributed by atoms with Crippen LogP contribution in [0.4, 0.5) is 10.5 Å². The minimum absolute atomic E-state index is 0.465. The molecule has 2 aromatic rings. The second kappa shape index (κ2) is 8.02. The number of benzene rings is 2. The summed E-state index contributed by atoms with van der Waals surface area (Å²) in [6.07, 6.45) is 7.04. The number of methoxy groups -OCH3 is 1. The molecule has 1 N–H and O–H groups in total. The largest absolute Gasteiger partial charge is 0.453 e. The molecule has 134 valence electrons. The van der Waals surface area contributed by atoms with Gasteiger partial charge in [0.25, 0.3) is 0 Å². The topological polar surface area (TPSA) is 41.6 Å². The predicted molar refractivity (Wildman–Crippen MR) is 108 cm³/mol. The number of ether oxygens (including phenoxy) is 1. The van der Waals surface area contributed by atoms with Gasteiger partial charge in [-0.15, -0.1) is 0 Å². The Bertz CT molecular complexity index is 866. The van der Waals surface area contributed by atoms with Crippen molar-refractivity contribution in [2.24, 2.45) is 0 Å². The van der Waals surface area contributed by atoms with E-state index in [1.165, 1.54) is 23.8 Å². The fourth-order valence-electron chi connectivity index (χ4n) is 3.08. The number of fused-ring (bicyclic) bond motifs is 2. The summed E-state index contributed by atoms with van der Waals surface area (Å²) in [5, 5.41) is 2.76. The van der Waals surface area contributed by atoms with Crippen LogP contribution >= 0.6 is 0 Å². The average molecular weight is 348 g/mol. The first kappa shape index (κ1) is 18.0. The Labute approximate surface area is 154 Å². The van der Waals surface area contributed by atoms with Crippen molar-refractivity contribution in [3.8, 4) is 0 Å². The summed E-state index contributed by atoms with van der Waals surface area (Å²) in [5.41, 5.74) is 6.56. The molecule has 0 atom stereocenters. The van der Waals surface area contributed by atoms with Gasteiger partial charge in [0.05, 0.1) is 7.11 Å². The molecule has 26 heavy (non-hydrogen) atoms. The SMILES string of the molecule is COC(=O)Nc1ccc2c(c1)/C(=C\CCN(C)C)c1ccccc1C=C2. The van der Waals surface area contributed by atoms with E-state index >= 15 is 0 Å². The lowest BCUT2D eigenvalue weighted by Crippen LogP contribution is -2.12. The van der Waals surface area contributed by atoms with Crippen molar-refractivity contribution >= 4 is 29.5 Å². The molecule has 0 unspecified atom stereocenters. The molecule has 0 aliphatic heterocycles. The standard InChI is InChI=1S/C22H24N2O2/c1-24(2)14-6-9-20-19-8-5-4-7-16(19)10-11-17-12-13-18(15-21(17)20)23-22(25)26-3/h4-5,7-13,15H,6,14H2,1-3H3,(H,23,25)/b20-9-. The van der Waals surface area contributed by atoms with Crippen molar-refractivity contribution < 1.29 is 9.53 Å². The first-order chi connectivity index (χ1) is 12.6. The number of hydrogen-bond donors (Lipinski definition) is 1. The minimum atomic E-state index is -0.465. The number of carbonyl (C=O) groups excluding carboxylic acids is 1. The summed E-state index contributed by atoms with van der Waals surface area (Å²) < 4.78 is 4.71. The van der Waals surface area contributed by atoms with Gasteiger partial charge in [-0.1, -0.05) is 48.6 Å². The van der Waals surface area contributed by atoms with E-state index in [0.29, 0.717) is 0 Å². The van der Waals surface area contributed by atoms with Crippen molar-refractivity contribution in [2.75, 3.05) is 33.1 Å². The van der Waals surface area contributed by atoms with Gasteiger partial charge >= 0.3 is 6.09 Å². The molecule has 0 aromatic heterocycles. The molecule has 1 amide bonds. The van der Waals surface area contributed by atoms with E-state index in [0.717, 1.165) is 29.8 Å². The molecule has 1 aliphatic rings. The van der Waals surface area contributed by atoms with Crippen LogP contribution < -0.4 is 5.32 Å². The summed E-state index contributed by atoms with van der Waals surface area (Å²) >= 11 is 0. The van der Waals surface area contributed by atoms with Gasteiger partial charge in [-0.3, -0.25) is 5.32 Å². The van der Waals surface area contributed by atoms with Crippen molar-refractivity contribution in [3.05, 3.63) is 70.8 Å². The third kappa shape index (κ3) is 4.03. The maximum absolute atomic E-state index is 11.6. The first-order valence-electron chi connectivity index (χ1n) is 8.70. The number of amides is 1. The summed E-state index contributed by atoms with van der Waals surface area (Å²) in [6, 6.07) is 14.3. The third-order valence-electron chi connectivity index (χ3n) is 4.39. The maximum Gasteiger partial charge on any atom is 0.411 e. The monoisotopic (exact) mass is 348 g/mol. The van der Waals surface area contributed by atoms with Crippen LogP contribution in [0.25, 0.3) is 17.7 Å². The predicted octanol–water partition coefficient (Wildman–Crippen LogP) is 4.73. The lowest BCUT2D eigenvalue weighted by atomic mass is 9.92. The number of anilines is 1. The Hall–Kier alpha value is -2.85. The molecule has 1 aliphatic carbocycles. The summed E-state index contributed by atoms with van der Waals surface area (Å²) in [7, 11) is 5.52. The van der Waals surface area contributed by atoms with E-state index in [1.54, 1.807) is 0 Å². The Balaban J connectivity index is 2.07. The minimum Gasteiger partial charge on any atom is -0.453 e. The normalized spacial score (nSPS) is 13.9. The number of nitrogens with one attached hydrogen (secondary N) is 1. The van der Waals surface area contributed by atoms with Gasteiger partial charge in [0.2, 0.25) is 0 Å². The van der Waals surface area contributed by atoms with Gasteiger partial charge in [0, 0.05) is 12.2 Å². The molecule has 0 saturated carbocycles.